The van der Waals surface area contributed by atoms with E-state index in [-0.39, 0.29) is 18.0 Å². The number of hydrogen-bond acceptors (Lipinski definition) is 8. The highest BCUT2D eigenvalue weighted by atomic mass is 16.5. The van der Waals surface area contributed by atoms with Crippen LogP contribution in [0.4, 0.5) is 11.4 Å². The number of carboxylic acid groups (broad SMARTS) is 1. The lowest BCUT2D eigenvalue weighted by Crippen LogP contribution is -2.46. The molecule has 0 spiro atoms. The molecule has 2 aromatic carbocycles. The third kappa shape index (κ3) is 12.2. The van der Waals surface area contributed by atoms with E-state index < -0.39 is 11.6 Å². The van der Waals surface area contributed by atoms with Crippen molar-refractivity contribution in [1.82, 2.24) is 10.2 Å². The van der Waals surface area contributed by atoms with Crippen LogP contribution in [0.3, 0.4) is 0 Å². The number of carbonyl (C=O) groups excluding carboxylic acids is 2. The van der Waals surface area contributed by atoms with Gasteiger partial charge in [0.15, 0.2) is 11.6 Å². The zero-order valence-electron chi connectivity index (χ0n) is 31.0. The molecule has 272 valence electrons. The van der Waals surface area contributed by atoms with E-state index in [1.54, 1.807) is 0 Å². The molecule has 2 aliphatic heterocycles. The summed E-state index contributed by atoms with van der Waals surface area (Å²) < 4.78 is 5.86. The fraction of sp³-hybridized carbons (Fsp3) is 0.625. The van der Waals surface area contributed by atoms with Gasteiger partial charge in [-0.05, 0) is 80.1 Å². The van der Waals surface area contributed by atoms with E-state index in [0.29, 0.717) is 30.0 Å². The molecule has 1 aliphatic carbocycles. The first-order valence-electron chi connectivity index (χ1n) is 18.6. The molecule has 1 saturated carbocycles. The van der Waals surface area contributed by atoms with Gasteiger partial charge in [-0.25, -0.2) is 0 Å². The maximum atomic E-state index is 12.9. The van der Waals surface area contributed by atoms with Gasteiger partial charge in [0.1, 0.15) is 5.60 Å². The van der Waals surface area contributed by atoms with Crippen molar-refractivity contribution in [3.8, 4) is 0 Å². The van der Waals surface area contributed by atoms with Crippen LogP contribution in [-0.2, 0) is 14.3 Å². The third-order valence-electron chi connectivity index (χ3n) is 10.1. The van der Waals surface area contributed by atoms with E-state index in [2.05, 4.69) is 40.8 Å². The maximum Gasteiger partial charge on any atom is 0.304 e. The maximum absolute atomic E-state index is 12.9. The van der Waals surface area contributed by atoms with E-state index in [1.807, 2.05) is 69.3 Å². The SMILES string of the molecule is CCC.CCC(=O)C(C)(CC)OCC1CCC1C.O=C(O)CCN1CCN(c2ccc(C(=O)c3ccc(N4CCNCC4)cc3)cc2)CC1. The summed E-state index contributed by atoms with van der Waals surface area (Å²) in [5.41, 5.74) is 3.13. The number of carbonyl (C=O) groups is 3. The van der Waals surface area contributed by atoms with Crippen molar-refractivity contribution in [3.05, 3.63) is 59.7 Å². The van der Waals surface area contributed by atoms with Crippen LogP contribution in [0, 0.1) is 11.8 Å². The van der Waals surface area contributed by atoms with Crippen molar-refractivity contribution < 1.29 is 24.2 Å². The summed E-state index contributed by atoms with van der Waals surface area (Å²) in [4.78, 5) is 42.2. The van der Waals surface area contributed by atoms with E-state index in [9.17, 15) is 14.4 Å². The molecule has 0 bridgehead atoms. The summed E-state index contributed by atoms with van der Waals surface area (Å²) in [5.74, 6) is 0.985. The molecular weight excluding hydrogens is 616 g/mol. The quantitative estimate of drug-likeness (QED) is 0.229. The van der Waals surface area contributed by atoms with Crippen molar-refractivity contribution in [2.75, 3.05) is 75.3 Å². The Labute approximate surface area is 295 Å². The number of nitrogens with one attached hydrogen (secondary N) is 1. The molecule has 49 heavy (non-hydrogen) atoms. The molecule has 3 aliphatic rings. The molecule has 0 amide bonds. The molecule has 9 nitrogen and oxygen atoms in total. The lowest BCUT2D eigenvalue weighted by Gasteiger charge is -2.37. The average molecular weight is 679 g/mol. The van der Waals surface area contributed by atoms with Crippen molar-refractivity contribution in [2.24, 2.45) is 11.8 Å². The Morgan fingerprint density at radius 2 is 1.33 bits per heavy atom. The topological polar surface area (TPSA) is 102 Å². The Morgan fingerprint density at radius 3 is 1.73 bits per heavy atom. The second-order valence-corrected chi connectivity index (χ2v) is 13.8. The van der Waals surface area contributed by atoms with Crippen LogP contribution < -0.4 is 15.1 Å². The minimum absolute atomic E-state index is 0.0388. The predicted molar refractivity (Wildman–Crippen MR) is 200 cm³/mol. The Kier molecular flexibility index (Phi) is 16.7. The standard InChI is InChI=1S/C24H30N4O3.C13H24O2.C3H8/c29-23(30)9-12-26-15-17-28(18-16-26)22-7-3-20(4-8-22)24(31)19-1-5-21(6-2-19)27-13-10-25-11-14-27;1-5-12(14)13(4,6-2)15-9-11-8-7-10(11)3;1-3-2/h1-8,25H,9-18H2,(H,29,30);10-11H,5-9H2,1-4H3;3H2,1-2H3. The number of piperazine rings is 2. The normalized spacial score (nSPS) is 20.4. The van der Waals surface area contributed by atoms with Crippen LogP contribution >= 0.6 is 0 Å². The number of anilines is 2. The van der Waals surface area contributed by atoms with Crippen LogP contribution in [-0.4, -0.2) is 98.7 Å². The van der Waals surface area contributed by atoms with Gasteiger partial charge in [0, 0.05) is 87.8 Å². The fourth-order valence-electron chi connectivity index (χ4n) is 6.25. The largest absolute Gasteiger partial charge is 0.481 e. The number of carboxylic acids is 1. The van der Waals surface area contributed by atoms with E-state index in [1.165, 1.54) is 19.3 Å². The highest BCUT2D eigenvalue weighted by Crippen LogP contribution is 2.35. The molecule has 2 N–H and O–H groups in total. The summed E-state index contributed by atoms with van der Waals surface area (Å²) in [5, 5.41) is 12.2. The molecule has 9 heteroatoms. The first-order chi connectivity index (χ1) is 23.5. The van der Waals surface area contributed by atoms with E-state index in [0.717, 1.165) is 82.7 Å². The van der Waals surface area contributed by atoms with Gasteiger partial charge < -0.3 is 25.0 Å². The van der Waals surface area contributed by atoms with Crippen LogP contribution in [0.5, 0.6) is 0 Å². The number of hydrogen-bond donors (Lipinski definition) is 2. The highest BCUT2D eigenvalue weighted by Gasteiger charge is 2.34. The summed E-state index contributed by atoms with van der Waals surface area (Å²) in [6.07, 6.45) is 5.37. The Morgan fingerprint density at radius 1 is 0.816 bits per heavy atom. The highest BCUT2D eigenvalue weighted by molar-refractivity contribution is 6.09. The van der Waals surface area contributed by atoms with Gasteiger partial charge in [0.05, 0.1) is 13.0 Å². The van der Waals surface area contributed by atoms with Gasteiger partial charge in [-0.2, -0.15) is 0 Å². The Bertz CT molecular complexity index is 1290. The van der Waals surface area contributed by atoms with E-state index in [4.69, 9.17) is 9.84 Å². The molecule has 5 rings (SSSR count). The molecule has 0 aromatic heterocycles. The molecule has 2 saturated heterocycles. The zero-order valence-corrected chi connectivity index (χ0v) is 31.0. The summed E-state index contributed by atoms with van der Waals surface area (Å²) in [7, 11) is 0. The van der Waals surface area contributed by atoms with Gasteiger partial charge in [-0.1, -0.05) is 47.5 Å². The van der Waals surface area contributed by atoms with Gasteiger partial charge in [-0.3, -0.25) is 19.3 Å². The fourth-order valence-corrected chi connectivity index (χ4v) is 6.25. The Hall–Kier alpha value is -3.27. The number of ether oxygens (including phenoxy) is 1. The molecule has 3 fully saturated rings. The van der Waals surface area contributed by atoms with Crippen molar-refractivity contribution in [2.45, 2.75) is 85.7 Å². The monoisotopic (exact) mass is 678 g/mol. The van der Waals surface area contributed by atoms with Crippen molar-refractivity contribution in [3.63, 3.8) is 0 Å². The van der Waals surface area contributed by atoms with Gasteiger partial charge in [-0.15, -0.1) is 0 Å². The lowest BCUT2D eigenvalue weighted by atomic mass is 9.75. The second kappa shape index (κ2) is 20.4. The smallest absolute Gasteiger partial charge is 0.304 e. The molecule has 2 heterocycles. The average Bonchev–Trinajstić information content (AvgIpc) is 3.14. The van der Waals surface area contributed by atoms with Crippen LogP contribution in [0.1, 0.15) is 96.0 Å². The summed E-state index contributed by atoms with van der Waals surface area (Å²) in [6, 6.07) is 15.7. The summed E-state index contributed by atoms with van der Waals surface area (Å²) >= 11 is 0. The number of benzene rings is 2. The predicted octanol–water partition coefficient (Wildman–Crippen LogP) is 6.54. The molecular formula is C40H62N4O5. The lowest BCUT2D eigenvalue weighted by molar-refractivity contribution is -0.147. The van der Waals surface area contributed by atoms with Gasteiger partial charge in [0.25, 0.3) is 0 Å². The van der Waals surface area contributed by atoms with Crippen LogP contribution in [0.2, 0.25) is 0 Å². The summed E-state index contributed by atoms with van der Waals surface area (Å²) in [6.45, 7) is 21.1. The van der Waals surface area contributed by atoms with Gasteiger partial charge in [0.2, 0.25) is 0 Å². The number of nitrogens with zero attached hydrogens (tertiary/aromatic N) is 3. The first-order valence-corrected chi connectivity index (χ1v) is 18.6. The number of aliphatic carboxylic acids is 1. The molecule has 2 aromatic rings. The third-order valence-corrected chi connectivity index (χ3v) is 10.1. The number of ketones is 2. The van der Waals surface area contributed by atoms with Crippen molar-refractivity contribution >= 4 is 28.9 Å². The van der Waals surface area contributed by atoms with E-state index >= 15 is 0 Å². The minimum atomic E-state index is -0.749. The Balaban J connectivity index is 0.000000303. The van der Waals surface area contributed by atoms with Crippen molar-refractivity contribution in [1.29, 1.82) is 0 Å². The first kappa shape index (κ1) is 40.2. The van der Waals surface area contributed by atoms with Crippen LogP contribution in [0.25, 0.3) is 0 Å². The van der Waals surface area contributed by atoms with Crippen LogP contribution in [0.15, 0.2) is 48.5 Å². The molecule has 3 unspecified atom stereocenters. The molecule has 0 radical (unpaired) electrons. The molecule has 3 atom stereocenters. The number of rotatable bonds is 13. The minimum Gasteiger partial charge on any atom is -0.481 e. The zero-order chi connectivity index (χ0) is 35.8. The number of Topliss-reactive ketones (excluding diaryl/α,β-unsaturated/α-hetero) is 1. The second-order valence-electron chi connectivity index (χ2n) is 13.8. The van der Waals surface area contributed by atoms with Gasteiger partial charge >= 0.3 is 5.97 Å².